The van der Waals surface area contributed by atoms with Crippen LogP contribution in [0.25, 0.3) is 0 Å². The Morgan fingerprint density at radius 2 is 1.20 bits per heavy atom. The van der Waals surface area contributed by atoms with E-state index in [1.54, 1.807) is 14.2 Å². The van der Waals surface area contributed by atoms with Crippen molar-refractivity contribution < 1.29 is 9.47 Å². The van der Waals surface area contributed by atoms with E-state index in [1.807, 2.05) is 0 Å². The van der Waals surface area contributed by atoms with E-state index in [0.717, 1.165) is 12.3 Å². The Balaban J connectivity index is 3.10. The number of hydrogen-bond donors (Lipinski definition) is 0. The predicted molar refractivity (Wildman–Crippen MR) is 65.0 cm³/mol. The van der Waals surface area contributed by atoms with Crippen molar-refractivity contribution in [3.63, 3.8) is 0 Å². The molecule has 0 fully saturated rings. The Labute approximate surface area is 95.3 Å². The van der Waals surface area contributed by atoms with Gasteiger partial charge in [-0.2, -0.15) is 0 Å². The summed E-state index contributed by atoms with van der Waals surface area (Å²) in [4.78, 5) is 0. The molecule has 0 atom stereocenters. The highest BCUT2D eigenvalue weighted by atomic mass is 16.7. The third-order valence-electron chi connectivity index (χ3n) is 2.75. The molecule has 0 aromatic rings. The standard InChI is InChI=1S/C13H28O2/c1-12(2)10-8-6-5-7-9-11-13(14-3)15-4/h12-13H,5-11H2,1-4H3. The molecule has 0 saturated carbocycles. The molecule has 0 saturated heterocycles. The lowest BCUT2D eigenvalue weighted by atomic mass is 10.0. The Morgan fingerprint density at radius 3 is 1.67 bits per heavy atom. The zero-order valence-electron chi connectivity index (χ0n) is 10.9. The van der Waals surface area contributed by atoms with Gasteiger partial charge < -0.3 is 9.47 Å². The van der Waals surface area contributed by atoms with Crippen molar-refractivity contribution >= 4 is 0 Å². The highest BCUT2D eigenvalue weighted by Gasteiger charge is 2.03. The van der Waals surface area contributed by atoms with Gasteiger partial charge in [-0.1, -0.05) is 46.0 Å². The van der Waals surface area contributed by atoms with Crippen LogP contribution in [0.5, 0.6) is 0 Å². The lowest BCUT2D eigenvalue weighted by Crippen LogP contribution is -2.12. The molecule has 0 aromatic heterocycles. The van der Waals surface area contributed by atoms with Crippen molar-refractivity contribution in [3.05, 3.63) is 0 Å². The molecule has 0 aliphatic rings. The fraction of sp³-hybridized carbons (Fsp3) is 1.00. The second kappa shape index (κ2) is 10.4. The molecular weight excluding hydrogens is 188 g/mol. The van der Waals surface area contributed by atoms with Crippen molar-refractivity contribution in [2.24, 2.45) is 5.92 Å². The van der Waals surface area contributed by atoms with Gasteiger partial charge in [0.2, 0.25) is 0 Å². The zero-order valence-corrected chi connectivity index (χ0v) is 10.9. The van der Waals surface area contributed by atoms with Crippen molar-refractivity contribution in [1.29, 1.82) is 0 Å². The van der Waals surface area contributed by atoms with Crippen LogP contribution >= 0.6 is 0 Å². The second-order valence-corrected chi connectivity index (χ2v) is 4.64. The molecule has 0 N–H and O–H groups in total. The first-order valence-corrected chi connectivity index (χ1v) is 6.26. The SMILES string of the molecule is COC(CCCCCCCC(C)C)OC. The monoisotopic (exact) mass is 216 g/mol. The minimum atomic E-state index is 0.000615. The minimum absolute atomic E-state index is 0.000615. The van der Waals surface area contributed by atoms with Crippen LogP contribution in [0.3, 0.4) is 0 Å². The van der Waals surface area contributed by atoms with E-state index in [2.05, 4.69) is 13.8 Å². The normalized spacial score (nSPS) is 11.6. The fourth-order valence-electron chi connectivity index (χ4n) is 1.73. The molecule has 0 rings (SSSR count). The Morgan fingerprint density at radius 1 is 0.733 bits per heavy atom. The summed E-state index contributed by atoms with van der Waals surface area (Å²) in [6.45, 7) is 4.59. The Bertz CT molecular complexity index is 120. The molecule has 0 aliphatic carbocycles. The van der Waals surface area contributed by atoms with Crippen LogP contribution in [-0.4, -0.2) is 20.5 Å². The summed E-state index contributed by atoms with van der Waals surface area (Å²) in [6, 6.07) is 0. The Kier molecular flexibility index (Phi) is 10.4. The van der Waals surface area contributed by atoms with Gasteiger partial charge >= 0.3 is 0 Å². The van der Waals surface area contributed by atoms with Crippen LogP contribution < -0.4 is 0 Å². The van der Waals surface area contributed by atoms with E-state index in [4.69, 9.17) is 9.47 Å². The van der Waals surface area contributed by atoms with Gasteiger partial charge in [-0.05, 0) is 18.8 Å². The molecule has 0 aliphatic heterocycles. The van der Waals surface area contributed by atoms with Gasteiger partial charge in [0.25, 0.3) is 0 Å². The molecule has 0 aromatic carbocycles. The Hall–Kier alpha value is -0.0800. The highest BCUT2D eigenvalue weighted by molar-refractivity contribution is 4.50. The fourth-order valence-corrected chi connectivity index (χ4v) is 1.73. The number of ether oxygens (including phenoxy) is 2. The summed E-state index contributed by atoms with van der Waals surface area (Å²) in [5, 5.41) is 0. The molecule has 2 heteroatoms. The van der Waals surface area contributed by atoms with Gasteiger partial charge in [0, 0.05) is 14.2 Å². The van der Waals surface area contributed by atoms with Crippen LogP contribution in [0.2, 0.25) is 0 Å². The quantitative estimate of drug-likeness (QED) is 0.406. The first-order chi connectivity index (χ1) is 7.20. The molecule has 0 heterocycles. The third kappa shape index (κ3) is 10.2. The van der Waals surface area contributed by atoms with E-state index >= 15 is 0 Å². The molecule has 0 radical (unpaired) electrons. The first kappa shape index (κ1) is 14.9. The van der Waals surface area contributed by atoms with E-state index in [0.29, 0.717) is 0 Å². The molecule has 0 amide bonds. The summed E-state index contributed by atoms with van der Waals surface area (Å²) in [5.74, 6) is 0.858. The highest BCUT2D eigenvalue weighted by Crippen LogP contribution is 2.12. The molecule has 0 unspecified atom stereocenters. The zero-order chi connectivity index (χ0) is 11.5. The van der Waals surface area contributed by atoms with Gasteiger partial charge in [-0.15, -0.1) is 0 Å². The van der Waals surface area contributed by atoms with Crippen LogP contribution in [0.15, 0.2) is 0 Å². The van der Waals surface area contributed by atoms with Crippen LogP contribution in [0.4, 0.5) is 0 Å². The largest absolute Gasteiger partial charge is 0.356 e. The van der Waals surface area contributed by atoms with Crippen LogP contribution in [0.1, 0.15) is 58.8 Å². The summed E-state index contributed by atoms with van der Waals surface area (Å²) in [7, 11) is 3.41. The third-order valence-corrected chi connectivity index (χ3v) is 2.75. The van der Waals surface area contributed by atoms with Gasteiger partial charge in [0.05, 0.1) is 0 Å². The maximum Gasteiger partial charge on any atom is 0.156 e. The van der Waals surface area contributed by atoms with Crippen LogP contribution in [-0.2, 0) is 9.47 Å². The number of rotatable bonds is 10. The molecular formula is C13H28O2. The van der Waals surface area contributed by atoms with Gasteiger partial charge in [-0.3, -0.25) is 0 Å². The van der Waals surface area contributed by atoms with E-state index < -0.39 is 0 Å². The van der Waals surface area contributed by atoms with Gasteiger partial charge in [0.15, 0.2) is 6.29 Å². The first-order valence-electron chi connectivity index (χ1n) is 6.26. The lowest BCUT2D eigenvalue weighted by molar-refractivity contribution is -0.107. The van der Waals surface area contributed by atoms with Crippen molar-refractivity contribution in [2.75, 3.05) is 14.2 Å². The van der Waals surface area contributed by atoms with E-state index in [-0.39, 0.29) is 6.29 Å². The smallest absolute Gasteiger partial charge is 0.156 e. The van der Waals surface area contributed by atoms with E-state index in [9.17, 15) is 0 Å². The lowest BCUT2D eigenvalue weighted by Gasteiger charge is -2.12. The average molecular weight is 216 g/mol. The number of hydrogen-bond acceptors (Lipinski definition) is 2. The van der Waals surface area contributed by atoms with Gasteiger partial charge in [0.1, 0.15) is 0 Å². The topological polar surface area (TPSA) is 18.5 Å². The summed E-state index contributed by atoms with van der Waals surface area (Å²) in [6.07, 6.45) is 9.04. The molecule has 0 bridgehead atoms. The maximum absolute atomic E-state index is 5.14. The van der Waals surface area contributed by atoms with E-state index in [1.165, 1.54) is 38.5 Å². The number of methoxy groups -OCH3 is 2. The number of unbranched alkanes of at least 4 members (excludes halogenated alkanes) is 4. The second-order valence-electron chi connectivity index (χ2n) is 4.64. The summed E-state index contributed by atoms with van der Waals surface area (Å²) < 4.78 is 10.3. The van der Waals surface area contributed by atoms with Crippen LogP contribution in [0, 0.1) is 5.92 Å². The molecule has 92 valence electrons. The van der Waals surface area contributed by atoms with Crippen molar-refractivity contribution in [1.82, 2.24) is 0 Å². The van der Waals surface area contributed by atoms with Crippen molar-refractivity contribution in [2.45, 2.75) is 65.1 Å². The molecule has 0 spiro atoms. The molecule has 15 heavy (non-hydrogen) atoms. The summed E-state index contributed by atoms with van der Waals surface area (Å²) in [5.41, 5.74) is 0. The predicted octanol–water partition coefficient (Wildman–Crippen LogP) is 3.99. The minimum Gasteiger partial charge on any atom is -0.356 e. The summed E-state index contributed by atoms with van der Waals surface area (Å²) >= 11 is 0. The average Bonchev–Trinajstić information content (AvgIpc) is 2.22. The maximum atomic E-state index is 5.14. The molecule has 2 nitrogen and oxygen atoms in total. The van der Waals surface area contributed by atoms with Crippen molar-refractivity contribution in [3.8, 4) is 0 Å². The van der Waals surface area contributed by atoms with Gasteiger partial charge in [-0.25, -0.2) is 0 Å².